The fraction of sp³-hybridized carbons (Fsp3) is 0.111. The molecule has 24 heteroatoms. The number of thiophene rings is 21. The quantitative estimate of drug-likeness (QED) is 0.167. The average Bonchev–Trinajstić information content (AvgIpc) is 1.52. The molecule has 0 saturated carbocycles. The van der Waals surface area contributed by atoms with Crippen molar-refractivity contribution in [3.05, 3.63) is 155 Å². The lowest BCUT2D eigenvalue weighted by Gasteiger charge is -2.07. The Balaban J connectivity index is 0.0000000914. The van der Waals surface area contributed by atoms with Crippen molar-refractivity contribution in [2.75, 3.05) is 0 Å². The highest BCUT2D eigenvalue weighted by molar-refractivity contribution is 7.54. The molecule has 0 saturated heterocycles. The highest BCUT2D eigenvalue weighted by atomic mass is 32.2. The Morgan fingerprint density at radius 2 is 0.352 bits per heavy atom. The normalized spacial score (nSPS) is 13.0. The number of fused-ring (bicyclic) bond motifs is 39. The second kappa shape index (κ2) is 22.5. The maximum atomic E-state index is 2.57. The first-order valence-electron chi connectivity index (χ1n) is 33.8. The number of aryl methyl sites for hydroxylation is 9. The maximum Gasteiger partial charge on any atom is 0.0838 e. The van der Waals surface area contributed by atoms with Crippen LogP contribution in [-0.2, 0) is 0 Å². The molecule has 3 nitrogen and oxygen atoms in total. The molecule has 3 aromatic carbocycles. The highest BCUT2D eigenvalue weighted by Gasteiger charge is 2.32. The number of hydrogen-bond donors (Lipinski definition) is 0. The Kier molecular flexibility index (Phi) is 13.6. The molecule has 510 valence electrons. The van der Waals surface area contributed by atoms with E-state index in [2.05, 4.69) is 185 Å². The van der Waals surface area contributed by atoms with Gasteiger partial charge in [0, 0.05) is 65.1 Å². The van der Waals surface area contributed by atoms with Gasteiger partial charge in [-0.15, -0.1) is 238 Å². The summed E-state index contributed by atoms with van der Waals surface area (Å²) in [5.74, 6) is 0. The Hall–Kier alpha value is -5.34. The maximum absolute atomic E-state index is 2.57. The molecule has 0 fully saturated rings. The van der Waals surface area contributed by atoms with Crippen LogP contribution in [0.3, 0.4) is 0 Å². The predicted octanol–water partition coefficient (Wildman–Crippen LogP) is 35.7. The largest absolute Gasteiger partial charge is 0.306 e. The molecule has 24 aromatic heterocycles. The zero-order valence-electron chi connectivity index (χ0n) is 56.3. The SMILES string of the molecule is Cc1ccc(-n2c3c4sc(C)cc4sc3c3sc4c5sc6c7sc(C)cc7sc6c5sc4c32)cc1.Cc1ccc(-n2c3cc(C)sc3c3sc4c5sc6c7sc8cc(C)sc8c7sc6c5sc4c32)cc1.Cc1ccc(-n2c3cc(C)sc3c3sc4c5sc6c7sc8cc(C)sc8c7sc6c5sc4c32)cc1. The third-order valence-electron chi connectivity index (χ3n) is 20.2. The van der Waals surface area contributed by atoms with E-state index in [-0.39, 0.29) is 0 Å². The van der Waals surface area contributed by atoms with Crippen LogP contribution in [0.1, 0.15) is 46.0 Å². The monoisotopic (exact) mass is 1730 g/mol. The van der Waals surface area contributed by atoms with Crippen LogP contribution in [0.25, 0.3) is 219 Å². The first-order chi connectivity index (χ1) is 51.1. The van der Waals surface area contributed by atoms with Gasteiger partial charge in [0.25, 0.3) is 0 Å². The van der Waals surface area contributed by atoms with Crippen LogP contribution in [0, 0.1) is 62.3 Å². The lowest BCUT2D eigenvalue weighted by molar-refractivity contribution is 1.18. The van der Waals surface area contributed by atoms with Gasteiger partial charge in [-0.25, -0.2) is 0 Å². The summed E-state index contributed by atoms with van der Waals surface area (Å²) in [5, 5.41) is 0. The Labute approximate surface area is 679 Å². The molecular formula is C81H45N3S21. The van der Waals surface area contributed by atoms with E-state index in [0.29, 0.717) is 0 Å². The van der Waals surface area contributed by atoms with Crippen molar-refractivity contribution in [2.45, 2.75) is 62.3 Å². The van der Waals surface area contributed by atoms with Crippen molar-refractivity contribution in [3.63, 3.8) is 0 Å². The average molecular weight is 1730 g/mol. The van der Waals surface area contributed by atoms with E-state index >= 15 is 0 Å². The van der Waals surface area contributed by atoms with Gasteiger partial charge in [-0.3, -0.25) is 0 Å². The van der Waals surface area contributed by atoms with E-state index in [1.165, 1.54) is 265 Å². The zero-order chi connectivity index (χ0) is 69.5. The Bertz CT molecular complexity index is 8110. The molecule has 24 heterocycles. The Morgan fingerprint density at radius 1 is 0.162 bits per heavy atom. The Morgan fingerprint density at radius 3 is 0.686 bits per heavy atom. The number of nitrogens with zero attached hydrogens (tertiary/aromatic N) is 3. The summed E-state index contributed by atoms with van der Waals surface area (Å²) in [6.45, 7) is 19.9. The van der Waals surface area contributed by atoms with Gasteiger partial charge in [0.15, 0.2) is 0 Å². The minimum absolute atomic E-state index is 1.27. The van der Waals surface area contributed by atoms with Crippen LogP contribution >= 0.6 is 238 Å². The van der Waals surface area contributed by atoms with Gasteiger partial charge in [0.1, 0.15) is 0 Å². The molecule has 0 aliphatic heterocycles. The van der Waals surface area contributed by atoms with E-state index in [4.69, 9.17) is 0 Å². The van der Waals surface area contributed by atoms with Gasteiger partial charge in [-0.2, -0.15) is 0 Å². The summed E-state index contributed by atoms with van der Waals surface area (Å²) in [6, 6.07) is 41.3. The van der Waals surface area contributed by atoms with Crippen LogP contribution in [0.5, 0.6) is 0 Å². The summed E-state index contributed by atoms with van der Waals surface area (Å²) < 4.78 is 60.9. The molecule has 0 N–H and O–H groups in total. The molecule has 27 rings (SSSR count). The van der Waals surface area contributed by atoms with Gasteiger partial charge in [-0.1, -0.05) is 53.1 Å². The predicted molar refractivity (Wildman–Crippen MR) is 503 cm³/mol. The summed E-state index contributed by atoms with van der Waals surface area (Å²) in [4.78, 5) is 8.41. The zero-order valence-corrected chi connectivity index (χ0v) is 73.5. The van der Waals surface area contributed by atoms with Gasteiger partial charge in [-0.05, 0) is 135 Å². The summed E-state index contributed by atoms with van der Waals surface area (Å²) in [6.07, 6.45) is 0. The van der Waals surface area contributed by atoms with Crippen molar-refractivity contribution in [1.29, 1.82) is 0 Å². The third kappa shape index (κ3) is 8.75. The fourth-order valence-corrected chi connectivity index (χ4v) is 46.0. The van der Waals surface area contributed by atoms with Gasteiger partial charge in [0.05, 0.1) is 183 Å². The number of rotatable bonds is 3. The van der Waals surface area contributed by atoms with Crippen molar-refractivity contribution in [2.24, 2.45) is 0 Å². The van der Waals surface area contributed by atoms with Gasteiger partial charge >= 0.3 is 0 Å². The van der Waals surface area contributed by atoms with Crippen LogP contribution in [-0.4, -0.2) is 13.7 Å². The standard InChI is InChI=1S/3C27H15NS7/c1-10-4-6-13(7-5-10)28-16-18-14(8-11(2)29-18)31-20(16)21-17(28)22-24(33-21)26-27(34-22)25-23(35-26)19-15(32-25)9-12(3)30-19;2*1-10-4-6-13(7-5-10)28-14-8-11(2)29-17(14)19-16(28)20-22(32-19)24-26(33-20)27-25(35-24)23-21(34-27)18-15(31-23)9-12(3)30-18/h3*4-9H,1-3H3. The van der Waals surface area contributed by atoms with Gasteiger partial charge in [0.2, 0.25) is 0 Å². The second-order valence-electron chi connectivity index (χ2n) is 27.3. The number of benzene rings is 3. The molecule has 0 aliphatic carbocycles. The lowest BCUT2D eigenvalue weighted by atomic mass is 10.2. The van der Waals surface area contributed by atoms with Crippen molar-refractivity contribution >= 4 is 440 Å². The molecule has 0 amide bonds. The highest BCUT2D eigenvalue weighted by Crippen LogP contribution is 2.63. The number of aromatic nitrogens is 3. The topological polar surface area (TPSA) is 14.8 Å². The molecule has 0 radical (unpaired) electrons. The van der Waals surface area contributed by atoms with E-state index in [9.17, 15) is 0 Å². The van der Waals surface area contributed by atoms with E-state index < -0.39 is 0 Å². The molecule has 0 aliphatic rings. The minimum atomic E-state index is 1.27. The molecule has 0 spiro atoms. The van der Waals surface area contributed by atoms with E-state index in [1.54, 1.807) is 0 Å². The van der Waals surface area contributed by atoms with Crippen molar-refractivity contribution in [3.8, 4) is 17.1 Å². The second-order valence-corrected chi connectivity index (χ2v) is 50.3. The first-order valence-corrected chi connectivity index (χ1v) is 50.9. The summed E-state index contributed by atoms with van der Waals surface area (Å²) in [5.41, 5.74) is 16.1. The van der Waals surface area contributed by atoms with E-state index in [0.717, 1.165) is 0 Å². The van der Waals surface area contributed by atoms with Crippen LogP contribution in [0.4, 0.5) is 0 Å². The fourth-order valence-electron chi connectivity index (χ4n) is 15.7. The van der Waals surface area contributed by atoms with E-state index in [1.807, 2.05) is 238 Å². The van der Waals surface area contributed by atoms with Crippen molar-refractivity contribution < 1.29 is 0 Å². The lowest BCUT2D eigenvalue weighted by Crippen LogP contribution is -1.92. The van der Waals surface area contributed by atoms with Crippen LogP contribution in [0.15, 0.2) is 109 Å². The van der Waals surface area contributed by atoms with Gasteiger partial charge < -0.3 is 13.7 Å². The smallest absolute Gasteiger partial charge is 0.0838 e. The molecule has 0 unspecified atom stereocenters. The minimum Gasteiger partial charge on any atom is -0.306 e. The molecule has 0 atom stereocenters. The van der Waals surface area contributed by atoms with Crippen molar-refractivity contribution in [1.82, 2.24) is 13.7 Å². The van der Waals surface area contributed by atoms with Crippen LogP contribution in [0.2, 0.25) is 0 Å². The molecule has 0 bridgehead atoms. The molecular weight excluding hydrogens is 1690 g/mol. The summed E-state index contributed by atoms with van der Waals surface area (Å²) in [7, 11) is 0. The van der Waals surface area contributed by atoms with Crippen LogP contribution < -0.4 is 0 Å². The summed E-state index contributed by atoms with van der Waals surface area (Å²) >= 11 is 41.9. The molecule has 105 heavy (non-hydrogen) atoms. The third-order valence-corrected chi connectivity index (χ3v) is 48.3. The first kappa shape index (κ1) is 63.4. The number of hydrogen-bond acceptors (Lipinski definition) is 21. The molecule has 27 aromatic rings.